The number of ether oxygens (including phenoxy) is 3. The minimum Gasteiger partial charge on any atom is -0.493 e. The van der Waals surface area contributed by atoms with E-state index in [4.69, 9.17) is 25.8 Å². The highest BCUT2D eigenvalue weighted by Gasteiger charge is 2.24. The van der Waals surface area contributed by atoms with Gasteiger partial charge in [-0.05, 0) is 43.2 Å². The van der Waals surface area contributed by atoms with Gasteiger partial charge in [0.15, 0.2) is 11.5 Å². The Labute approximate surface area is 224 Å². The van der Waals surface area contributed by atoms with Gasteiger partial charge in [-0.25, -0.2) is 4.79 Å². The van der Waals surface area contributed by atoms with Gasteiger partial charge in [0.05, 0.1) is 40.3 Å². The van der Waals surface area contributed by atoms with E-state index in [0.717, 1.165) is 17.7 Å². The number of amides is 1. The second-order valence-corrected chi connectivity index (χ2v) is 9.12. The van der Waals surface area contributed by atoms with E-state index in [-0.39, 0.29) is 5.75 Å². The second kappa shape index (κ2) is 10.8. The van der Waals surface area contributed by atoms with Crippen LogP contribution in [0.2, 0.25) is 5.02 Å². The van der Waals surface area contributed by atoms with E-state index in [1.807, 2.05) is 19.1 Å². The zero-order chi connectivity index (χ0) is 26.6. The first kappa shape index (κ1) is 25.1. The van der Waals surface area contributed by atoms with Crippen LogP contribution in [-0.4, -0.2) is 41.2 Å². The summed E-state index contributed by atoms with van der Waals surface area (Å²) in [4.78, 5) is 22.7. The van der Waals surface area contributed by atoms with Crippen molar-refractivity contribution in [1.29, 1.82) is 5.26 Å². The highest BCUT2D eigenvalue weighted by Crippen LogP contribution is 2.39. The molecule has 0 atom stereocenters. The van der Waals surface area contributed by atoms with Gasteiger partial charge < -0.3 is 24.4 Å². The number of likely N-dealkylation sites (tertiary alicyclic amines) is 1. The molecule has 0 radical (unpaired) electrons. The first-order valence-corrected chi connectivity index (χ1v) is 12.3. The summed E-state index contributed by atoms with van der Waals surface area (Å²) >= 11 is 6.59. The molecule has 1 N–H and O–H groups in total. The van der Waals surface area contributed by atoms with Crippen molar-refractivity contribution in [2.45, 2.75) is 20.0 Å². The molecular weight excluding hydrogens is 506 g/mol. The fraction of sp³-hybridized carbons (Fsp3) is 0.214. The van der Waals surface area contributed by atoms with Crippen LogP contribution < -0.4 is 19.5 Å². The van der Waals surface area contributed by atoms with Gasteiger partial charge >= 0.3 is 6.09 Å². The fourth-order valence-electron chi connectivity index (χ4n) is 3.96. The van der Waals surface area contributed by atoms with Crippen molar-refractivity contribution in [3.8, 4) is 23.3 Å². The van der Waals surface area contributed by atoms with Crippen molar-refractivity contribution in [3.63, 3.8) is 0 Å². The van der Waals surface area contributed by atoms with E-state index < -0.39 is 6.09 Å². The topological polar surface area (TPSA) is 110 Å². The number of aryl methyl sites for hydroxylation is 1. The monoisotopic (exact) mass is 529 g/mol. The Morgan fingerprint density at radius 3 is 2.71 bits per heavy atom. The van der Waals surface area contributed by atoms with E-state index >= 15 is 0 Å². The zero-order valence-corrected chi connectivity index (χ0v) is 21.6. The van der Waals surface area contributed by atoms with Crippen molar-refractivity contribution in [3.05, 3.63) is 76.7 Å². The molecule has 38 heavy (non-hydrogen) atoms. The van der Waals surface area contributed by atoms with Crippen LogP contribution in [-0.2, 0) is 6.61 Å². The molecule has 9 nitrogen and oxygen atoms in total. The first-order valence-electron chi connectivity index (χ1n) is 11.9. The molecule has 1 amide bonds. The number of nitrogens with one attached hydrogen (secondary N) is 1. The van der Waals surface area contributed by atoms with Crippen molar-refractivity contribution in [2.75, 3.05) is 25.5 Å². The minimum absolute atomic E-state index is 0.253. The van der Waals surface area contributed by atoms with Gasteiger partial charge in [0.1, 0.15) is 18.4 Å². The molecule has 2 aromatic heterocycles. The molecule has 3 heterocycles. The lowest BCUT2D eigenvalue weighted by molar-refractivity contribution is 0.124. The van der Waals surface area contributed by atoms with E-state index in [2.05, 4.69) is 21.4 Å². The number of benzene rings is 2. The third-order valence-corrected chi connectivity index (χ3v) is 6.59. The molecule has 192 valence electrons. The molecule has 0 bridgehead atoms. The molecule has 10 heteroatoms. The van der Waals surface area contributed by atoms with E-state index in [9.17, 15) is 10.1 Å². The van der Waals surface area contributed by atoms with Crippen LogP contribution in [0.3, 0.4) is 0 Å². The molecule has 2 aromatic carbocycles. The number of pyridine rings is 2. The predicted molar refractivity (Wildman–Crippen MR) is 143 cm³/mol. The number of nitrogens with zero attached hydrogens (tertiary/aromatic N) is 4. The van der Waals surface area contributed by atoms with Gasteiger partial charge in [-0.15, -0.1) is 0 Å². The van der Waals surface area contributed by atoms with Crippen LogP contribution in [0.5, 0.6) is 17.2 Å². The number of hydrogen-bond donors (Lipinski definition) is 1. The van der Waals surface area contributed by atoms with Crippen molar-refractivity contribution in [2.24, 2.45) is 0 Å². The summed E-state index contributed by atoms with van der Waals surface area (Å²) in [6.07, 6.45) is 3.70. The molecular formula is C28H24ClN5O4. The Kier molecular flexibility index (Phi) is 7.15. The Bertz CT molecular complexity index is 1570. The molecule has 0 unspecified atom stereocenters. The van der Waals surface area contributed by atoms with Gasteiger partial charge in [0.2, 0.25) is 0 Å². The number of rotatable bonds is 7. The highest BCUT2D eigenvalue weighted by atomic mass is 35.5. The summed E-state index contributed by atoms with van der Waals surface area (Å²) in [6.45, 7) is 3.62. The van der Waals surface area contributed by atoms with Crippen LogP contribution >= 0.6 is 11.6 Å². The minimum atomic E-state index is -0.437. The number of carbonyl (C=O) groups excluding carboxylic acids is 1. The third-order valence-electron chi connectivity index (χ3n) is 6.28. The zero-order valence-electron chi connectivity index (χ0n) is 20.8. The Balaban J connectivity index is 1.42. The van der Waals surface area contributed by atoms with Crippen molar-refractivity contribution in [1.82, 2.24) is 14.9 Å². The number of hydrogen-bond acceptors (Lipinski definition) is 8. The molecule has 1 fully saturated rings. The van der Waals surface area contributed by atoms with Crippen LogP contribution in [0.4, 0.5) is 16.2 Å². The quantitative estimate of drug-likeness (QED) is 0.310. The summed E-state index contributed by atoms with van der Waals surface area (Å²) in [5.74, 6) is 1.18. The average Bonchev–Trinajstić information content (AvgIpc) is 2.88. The number of fused-ring (bicyclic) bond motifs is 1. The maximum atomic E-state index is 12.4. The number of methoxy groups -OCH3 is 1. The Hall–Kier alpha value is -4.55. The lowest BCUT2D eigenvalue weighted by atomic mass is 10.1. The number of nitriles is 1. The summed E-state index contributed by atoms with van der Waals surface area (Å²) in [5, 5.41) is 14.0. The molecule has 5 rings (SSSR count). The highest BCUT2D eigenvalue weighted by molar-refractivity contribution is 6.33. The summed E-state index contributed by atoms with van der Waals surface area (Å²) in [6, 6.07) is 14.6. The summed E-state index contributed by atoms with van der Waals surface area (Å²) in [7, 11) is 1.48. The SMILES string of the molecule is COc1cc2c(Nc3ccc(OCc4ncccc4C)cc3Cl)c(C#N)cnc2cc1OC(=O)N1CCC1. The van der Waals surface area contributed by atoms with Crippen LogP contribution in [0, 0.1) is 18.3 Å². The number of anilines is 2. The average molecular weight is 530 g/mol. The van der Waals surface area contributed by atoms with Crippen molar-refractivity contribution >= 4 is 40.0 Å². The lowest BCUT2D eigenvalue weighted by Gasteiger charge is -2.29. The number of carbonyl (C=O) groups is 1. The van der Waals surface area contributed by atoms with E-state index in [1.165, 1.54) is 13.3 Å². The maximum Gasteiger partial charge on any atom is 0.415 e. The molecule has 1 aliphatic heterocycles. The normalized spacial score (nSPS) is 12.4. The van der Waals surface area contributed by atoms with E-state index in [1.54, 1.807) is 41.4 Å². The van der Waals surface area contributed by atoms with Gasteiger partial charge in [-0.2, -0.15) is 5.26 Å². The summed E-state index contributed by atoms with van der Waals surface area (Å²) in [5.41, 5.74) is 3.78. The standard InChI is InChI=1S/C28H24ClN5O4/c1-17-5-3-8-31-24(17)16-37-19-6-7-22(21(29)11-19)33-27-18(14-30)15-32-23-13-26(25(36-2)12-20(23)27)38-28(35)34-9-4-10-34/h3,5-8,11-13,15H,4,9-10,16H2,1-2H3,(H,32,33). The van der Waals surface area contributed by atoms with Crippen LogP contribution in [0.1, 0.15) is 23.2 Å². The molecule has 0 aliphatic carbocycles. The van der Waals surface area contributed by atoms with Gasteiger partial charge in [-0.1, -0.05) is 17.7 Å². The smallest absolute Gasteiger partial charge is 0.415 e. The molecule has 0 saturated carbocycles. The largest absolute Gasteiger partial charge is 0.493 e. The molecule has 0 spiro atoms. The van der Waals surface area contributed by atoms with Crippen LogP contribution in [0.25, 0.3) is 10.9 Å². The molecule has 4 aromatic rings. The van der Waals surface area contributed by atoms with Crippen molar-refractivity contribution < 1.29 is 19.0 Å². The summed E-state index contributed by atoms with van der Waals surface area (Å²) < 4.78 is 16.9. The number of aromatic nitrogens is 2. The molecule has 1 saturated heterocycles. The lowest BCUT2D eigenvalue weighted by Crippen LogP contribution is -2.43. The van der Waals surface area contributed by atoms with Gasteiger partial charge in [0, 0.05) is 43.0 Å². The van der Waals surface area contributed by atoms with E-state index in [0.29, 0.717) is 64.1 Å². The third kappa shape index (κ3) is 5.12. The van der Waals surface area contributed by atoms with Crippen LogP contribution in [0.15, 0.2) is 54.9 Å². The number of halogens is 1. The Morgan fingerprint density at radius 1 is 1.18 bits per heavy atom. The maximum absolute atomic E-state index is 12.4. The molecule has 1 aliphatic rings. The second-order valence-electron chi connectivity index (χ2n) is 8.71. The van der Waals surface area contributed by atoms with Gasteiger partial charge in [-0.3, -0.25) is 9.97 Å². The fourth-order valence-corrected chi connectivity index (χ4v) is 4.18. The first-order chi connectivity index (χ1) is 18.5. The van der Waals surface area contributed by atoms with Gasteiger partial charge in [0.25, 0.3) is 0 Å². The predicted octanol–water partition coefficient (Wildman–Crippen LogP) is 6.00. The Morgan fingerprint density at radius 2 is 2.03 bits per heavy atom.